The third kappa shape index (κ3) is 3.33. The van der Waals surface area contributed by atoms with Gasteiger partial charge < -0.3 is 5.32 Å². The predicted octanol–water partition coefficient (Wildman–Crippen LogP) is 4.80. The summed E-state index contributed by atoms with van der Waals surface area (Å²) < 4.78 is 14.4. The minimum Gasteiger partial charge on any atom is -0.322 e. The first-order valence-electron chi connectivity index (χ1n) is 5.50. The fourth-order valence-electron chi connectivity index (χ4n) is 1.54. The molecule has 0 aliphatic rings. The Labute approximate surface area is 123 Å². The molecule has 0 aromatic heterocycles. The molecule has 0 radical (unpaired) electrons. The largest absolute Gasteiger partial charge is 0.322 e. The molecule has 0 fully saturated rings. The number of aryl methyl sites for hydroxylation is 1. The van der Waals surface area contributed by atoms with Gasteiger partial charge in [-0.1, -0.05) is 33.6 Å². The van der Waals surface area contributed by atoms with Gasteiger partial charge in [-0.15, -0.1) is 0 Å². The number of hydrogen-bond acceptors (Lipinski definition) is 1. The van der Waals surface area contributed by atoms with Crippen molar-refractivity contribution < 1.29 is 9.18 Å². The SMILES string of the molecule is Cc1ccc(NC(=O)c2cc(Cl)ccc2F)cc1Br. The molecule has 2 aromatic carbocycles. The average molecular weight is 343 g/mol. The molecule has 0 bridgehead atoms. The van der Waals surface area contributed by atoms with Crippen LogP contribution >= 0.6 is 27.5 Å². The zero-order chi connectivity index (χ0) is 14.0. The lowest BCUT2D eigenvalue weighted by Crippen LogP contribution is -2.13. The minimum absolute atomic E-state index is 0.0794. The maximum atomic E-state index is 13.5. The maximum Gasteiger partial charge on any atom is 0.258 e. The molecule has 1 amide bonds. The number of carbonyl (C=O) groups excluding carboxylic acids is 1. The van der Waals surface area contributed by atoms with Gasteiger partial charge in [0.2, 0.25) is 0 Å². The molecule has 98 valence electrons. The van der Waals surface area contributed by atoms with Gasteiger partial charge >= 0.3 is 0 Å². The molecule has 0 saturated heterocycles. The third-order valence-corrected chi connectivity index (χ3v) is 3.69. The summed E-state index contributed by atoms with van der Waals surface area (Å²) in [7, 11) is 0. The minimum atomic E-state index is -0.604. The van der Waals surface area contributed by atoms with E-state index in [1.807, 2.05) is 13.0 Å². The van der Waals surface area contributed by atoms with Crippen molar-refractivity contribution in [1.29, 1.82) is 0 Å². The number of rotatable bonds is 2. The van der Waals surface area contributed by atoms with Crippen LogP contribution in [0.1, 0.15) is 15.9 Å². The Morgan fingerprint density at radius 2 is 2.00 bits per heavy atom. The molecular weight excluding hydrogens is 333 g/mol. The lowest BCUT2D eigenvalue weighted by atomic mass is 10.2. The Hall–Kier alpha value is -1.39. The zero-order valence-corrected chi connectivity index (χ0v) is 12.3. The highest BCUT2D eigenvalue weighted by Crippen LogP contribution is 2.22. The molecule has 1 N–H and O–H groups in total. The van der Waals surface area contributed by atoms with Crippen molar-refractivity contribution in [2.75, 3.05) is 5.32 Å². The first-order chi connectivity index (χ1) is 8.97. The lowest BCUT2D eigenvalue weighted by Gasteiger charge is -2.08. The van der Waals surface area contributed by atoms with Crippen LogP contribution in [0.4, 0.5) is 10.1 Å². The van der Waals surface area contributed by atoms with Crippen LogP contribution in [0.15, 0.2) is 40.9 Å². The Morgan fingerprint density at radius 3 is 2.68 bits per heavy atom. The highest BCUT2D eigenvalue weighted by atomic mass is 79.9. The van der Waals surface area contributed by atoms with Crippen LogP contribution in [0.3, 0.4) is 0 Å². The summed E-state index contributed by atoms with van der Waals surface area (Å²) in [6.07, 6.45) is 0. The van der Waals surface area contributed by atoms with Gasteiger partial charge in [0.25, 0.3) is 5.91 Å². The number of nitrogens with one attached hydrogen (secondary N) is 1. The van der Waals surface area contributed by atoms with Crippen LogP contribution in [0.25, 0.3) is 0 Å². The topological polar surface area (TPSA) is 29.1 Å². The predicted molar refractivity (Wildman–Crippen MR) is 78.2 cm³/mol. The van der Waals surface area contributed by atoms with Gasteiger partial charge in [-0.3, -0.25) is 4.79 Å². The monoisotopic (exact) mass is 341 g/mol. The molecule has 0 aliphatic carbocycles. The molecule has 5 heteroatoms. The Morgan fingerprint density at radius 1 is 1.26 bits per heavy atom. The van der Waals surface area contributed by atoms with Gasteiger partial charge in [0.1, 0.15) is 5.82 Å². The lowest BCUT2D eigenvalue weighted by molar-refractivity contribution is 0.102. The summed E-state index contributed by atoms with van der Waals surface area (Å²) in [6.45, 7) is 1.94. The van der Waals surface area contributed by atoms with Crippen molar-refractivity contribution in [2.24, 2.45) is 0 Å². The molecule has 2 rings (SSSR count). The summed E-state index contributed by atoms with van der Waals surface area (Å²) in [5.41, 5.74) is 1.55. The number of benzene rings is 2. The highest BCUT2D eigenvalue weighted by molar-refractivity contribution is 9.10. The fourth-order valence-corrected chi connectivity index (χ4v) is 2.09. The average Bonchev–Trinajstić information content (AvgIpc) is 2.36. The van der Waals surface area contributed by atoms with E-state index in [-0.39, 0.29) is 5.56 Å². The number of carbonyl (C=O) groups is 1. The van der Waals surface area contributed by atoms with Crippen molar-refractivity contribution in [3.05, 3.63) is 62.8 Å². The van der Waals surface area contributed by atoms with Gasteiger partial charge in [-0.2, -0.15) is 0 Å². The van der Waals surface area contributed by atoms with Gasteiger partial charge in [-0.05, 0) is 42.8 Å². The van der Waals surface area contributed by atoms with E-state index in [0.717, 1.165) is 10.0 Å². The maximum absolute atomic E-state index is 13.5. The van der Waals surface area contributed by atoms with E-state index < -0.39 is 11.7 Å². The van der Waals surface area contributed by atoms with Crippen molar-refractivity contribution in [1.82, 2.24) is 0 Å². The zero-order valence-electron chi connectivity index (χ0n) is 10.0. The van der Waals surface area contributed by atoms with Crippen molar-refractivity contribution in [3.8, 4) is 0 Å². The molecule has 0 spiro atoms. The van der Waals surface area contributed by atoms with Crippen LogP contribution in [-0.2, 0) is 0 Å². The van der Waals surface area contributed by atoms with Crippen LogP contribution in [-0.4, -0.2) is 5.91 Å². The molecule has 0 unspecified atom stereocenters. The number of anilines is 1. The smallest absolute Gasteiger partial charge is 0.258 e. The van der Waals surface area contributed by atoms with Crippen molar-refractivity contribution in [2.45, 2.75) is 6.92 Å². The standard InChI is InChI=1S/C14H10BrClFNO/c1-8-2-4-10(7-12(8)15)18-14(19)11-6-9(16)3-5-13(11)17/h2-7H,1H3,(H,18,19). The molecule has 0 aliphatic heterocycles. The molecule has 0 saturated carbocycles. The second-order valence-electron chi connectivity index (χ2n) is 4.04. The molecule has 2 aromatic rings. The molecular formula is C14H10BrClFNO. The first kappa shape index (κ1) is 14.0. The van der Waals surface area contributed by atoms with Gasteiger partial charge in [0.05, 0.1) is 5.56 Å². The number of hydrogen-bond donors (Lipinski definition) is 1. The second kappa shape index (κ2) is 5.72. The van der Waals surface area contributed by atoms with Crippen molar-refractivity contribution >= 4 is 39.1 Å². The van der Waals surface area contributed by atoms with E-state index in [0.29, 0.717) is 10.7 Å². The van der Waals surface area contributed by atoms with Crippen LogP contribution in [0, 0.1) is 12.7 Å². The third-order valence-electron chi connectivity index (χ3n) is 2.60. The molecule has 0 atom stereocenters. The quantitative estimate of drug-likeness (QED) is 0.834. The van der Waals surface area contributed by atoms with Crippen LogP contribution < -0.4 is 5.32 Å². The van der Waals surface area contributed by atoms with Gasteiger partial charge in [0.15, 0.2) is 0 Å². The van der Waals surface area contributed by atoms with E-state index >= 15 is 0 Å². The Balaban J connectivity index is 2.25. The second-order valence-corrected chi connectivity index (χ2v) is 5.33. The van der Waals surface area contributed by atoms with E-state index in [1.165, 1.54) is 18.2 Å². The number of halogens is 3. The Kier molecular flexibility index (Phi) is 4.22. The van der Waals surface area contributed by atoms with Gasteiger partial charge in [-0.25, -0.2) is 4.39 Å². The van der Waals surface area contributed by atoms with Crippen LogP contribution in [0.2, 0.25) is 5.02 Å². The van der Waals surface area contributed by atoms with Gasteiger partial charge in [0, 0.05) is 15.2 Å². The summed E-state index contributed by atoms with van der Waals surface area (Å²) in [4.78, 5) is 12.0. The number of amides is 1. The summed E-state index contributed by atoms with van der Waals surface area (Å²) in [5.74, 6) is -1.14. The van der Waals surface area contributed by atoms with E-state index in [1.54, 1.807) is 12.1 Å². The summed E-state index contributed by atoms with van der Waals surface area (Å²) in [5, 5.41) is 2.94. The normalized spacial score (nSPS) is 10.3. The van der Waals surface area contributed by atoms with E-state index in [4.69, 9.17) is 11.6 Å². The van der Waals surface area contributed by atoms with E-state index in [9.17, 15) is 9.18 Å². The molecule has 0 heterocycles. The summed E-state index contributed by atoms with van der Waals surface area (Å²) >= 11 is 9.13. The summed E-state index contributed by atoms with van der Waals surface area (Å²) in [6, 6.07) is 9.23. The fraction of sp³-hybridized carbons (Fsp3) is 0.0714. The Bertz CT molecular complexity index is 645. The first-order valence-corrected chi connectivity index (χ1v) is 6.67. The van der Waals surface area contributed by atoms with Crippen molar-refractivity contribution in [3.63, 3.8) is 0 Å². The van der Waals surface area contributed by atoms with E-state index in [2.05, 4.69) is 21.2 Å². The van der Waals surface area contributed by atoms with Crippen LogP contribution in [0.5, 0.6) is 0 Å². The molecule has 2 nitrogen and oxygen atoms in total. The molecule has 19 heavy (non-hydrogen) atoms. The highest BCUT2D eigenvalue weighted by Gasteiger charge is 2.12.